The Kier molecular flexibility index (Phi) is 5.66. The van der Waals surface area contributed by atoms with Crippen LogP contribution in [-0.4, -0.2) is 62.3 Å². The summed E-state index contributed by atoms with van der Waals surface area (Å²) in [5.41, 5.74) is 0.148. The molecule has 0 spiro atoms. The van der Waals surface area contributed by atoms with Crippen molar-refractivity contribution in [3.8, 4) is 5.75 Å². The zero-order chi connectivity index (χ0) is 21.1. The highest BCUT2D eigenvalue weighted by molar-refractivity contribution is 5.85. The van der Waals surface area contributed by atoms with Gasteiger partial charge in [0.25, 0.3) is 0 Å². The molecule has 0 atom stereocenters. The van der Waals surface area contributed by atoms with Crippen molar-refractivity contribution in [2.75, 3.05) is 25.0 Å². The number of pyridine rings is 1. The lowest BCUT2D eigenvalue weighted by atomic mass is 10.0. The first-order valence-electron chi connectivity index (χ1n) is 9.33. The summed E-state index contributed by atoms with van der Waals surface area (Å²) in [6.45, 7) is -2.58. The fraction of sp³-hybridized carbons (Fsp3) is 0.444. The first kappa shape index (κ1) is 20.3. The van der Waals surface area contributed by atoms with Gasteiger partial charge in [0.1, 0.15) is 23.6 Å². The topological polar surface area (TPSA) is 91.8 Å². The molecule has 1 aliphatic rings. The average molecular weight is 425 g/mol. The number of nitrogens with one attached hydrogen (secondary N) is 2. The van der Waals surface area contributed by atoms with E-state index in [2.05, 4.69) is 35.2 Å². The minimum atomic E-state index is -3.21. The van der Waals surface area contributed by atoms with Crippen molar-refractivity contribution >= 4 is 16.9 Å². The maximum Gasteiger partial charge on any atom is 0.387 e. The van der Waals surface area contributed by atoms with Gasteiger partial charge in [0, 0.05) is 19.1 Å². The highest BCUT2D eigenvalue weighted by atomic mass is 19.3. The van der Waals surface area contributed by atoms with Crippen LogP contribution in [0.5, 0.6) is 5.75 Å². The predicted molar refractivity (Wildman–Crippen MR) is 99.5 cm³/mol. The van der Waals surface area contributed by atoms with Crippen LogP contribution in [0, 0.1) is 0 Å². The van der Waals surface area contributed by atoms with E-state index >= 15 is 0 Å². The lowest BCUT2D eigenvalue weighted by molar-refractivity contribution is -0.0516. The summed E-state index contributed by atoms with van der Waals surface area (Å²) in [4.78, 5) is 13.6. The van der Waals surface area contributed by atoms with Gasteiger partial charge in [0.2, 0.25) is 0 Å². The fourth-order valence-corrected chi connectivity index (χ4v) is 3.44. The molecule has 4 heterocycles. The van der Waals surface area contributed by atoms with Gasteiger partial charge >= 0.3 is 12.5 Å². The molecule has 0 aliphatic carbocycles. The molecule has 1 fully saturated rings. The fourth-order valence-electron chi connectivity index (χ4n) is 3.44. The number of fused-ring (bicyclic) bond motifs is 1. The Hall–Kier alpha value is -3.02. The third kappa shape index (κ3) is 4.58. The number of rotatable bonds is 7. The molecule has 12 heteroatoms. The summed E-state index contributed by atoms with van der Waals surface area (Å²) in [5.74, 6) is -2.81. The summed E-state index contributed by atoms with van der Waals surface area (Å²) >= 11 is 0. The number of hydrogen-bond donors (Lipinski definition) is 2. The van der Waals surface area contributed by atoms with Crippen LogP contribution in [0.1, 0.15) is 18.5 Å². The van der Waals surface area contributed by atoms with Gasteiger partial charge in [-0.15, -0.1) is 0 Å². The Balaban J connectivity index is 1.32. The molecule has 1 aliphatic heterocycles. The number of aromatic nitrogens is 5. The van der Waals surface area contributed by atoms with Crippen LogP contribution in [0.3, 0.4) is 0 Å². The van der Waals surface area contributed by atoms with Crippen molar-refractivity contribution in [2.45, 2.75) is 31.4 Å². The number of alkyl halides is 4. The van der Waals surface area contributed by atoms with Crippen LogP contribution in [0.4, 0.5) is 23.4 Å². The number of anilines is 1. The van der Waals surface area contributed by atoms with Crippen molar-refractivity contribution in [2.24, 2.45) is 0 Å². The lowest BCUT2D eigenvalue weighted by Gasteiger charge is -2.34. The monoisotopic (exact) mass is 425 g/mol. The predicted octanol–water partition coefficient (Wildman–Crippen LogP) is 3.02. The van der Waals surface area contributed by atoms with E-state index in [1.165, 1.54) is 6.33 Å². The van der Waals surface area contributed by atoms with Crippen molar-refractivity contribution in [3.63, 3.8) is 0 Å². The highest BCUT2D eigenvalue weighted by Crippen LogP contribution is 2.30. The van der Waals surface area contributed by atoms with E-state index in [0.717, 1.165) is 23.7 Å². The van der Waals surface area contributed by atoms with Crippen LogP contribution in [0.25, 0.3) is 11.0 Å². The van der Waals surface area contributed by atoms with Gasteiger partial charge in [-0.25, -0.2) is 9.97 Å². The van der Waals surface area contributed by atoms with Gasteiger partial charge in [-0.3, -0.25) is 15.0 Å². The smallest absolute Gasteiger partial charge is 0.387 e. The van der Waals surface area contributed by atoms with Crippen LogP contribution >= 0.6 is 0 Å². The summed E-state index contributed by atoms with van der Waals surface area (Å²) < 4.78 is 57.6. The molecule has 8 nitrogen and oxygen atoms in total. The quantitative estimate of drug-likeness (QED) is 0.562. The molecule has 2 N–H and O–H groups in total. The molecule has 3 aromatic rings. The molecular weight excluding hydrogens is 406 g/mol. The van der Waals surface area contributed by atoms with E-state index in [1.54, 1.807) is 11.1 Å². The van der Waals surface area contributed by atoms with Crippen LogP contribution in [0.15, 0.2) is 30.9 Å². The first-order valence-corrected chi connectivity index (χ1v) is 9.33. The van der Waals surface area contributed by atoms with E-state index in [9.17, 15) is 17.6 Å². The van der Waals surface area contributed by atoms with E-state index < -0.39 is 24.8 Å². The average Bonchev–Trinajstić information content (AvgIpc) is 3.19. The van der Waals surface area contributed by atoms with Crippen molar-refractivity contribution in [3.05, 3.63) is 36.5 Å². The lowest BCUT2D eigenvalue weighted by Crippen LogP contribution is -2.44. The molecule has 0 radical (unpaired) electrons. The van der Waals surface area contributed by atoms with Crippen molar-refractivity contribution in [1.29, 1.82) is 0 Å². The zero-order valence-electron chi connectivity index (χ0n) is 15.7. The number of nitrogens with zero attached hydrogens (tertiary/aromatic N) is 5. The molecule has 0 unspecified atom stereocenters. The van der Waals surface area contributed by atoms with Crippen molar-refractivity contribution in [1.82, 2.24) is 30.0 Å². The maximum atomic E-state index is 14.6. The zero-order valence-corrected chi connectivity index (χ0v) is 15.7. The normalized spacial score (nSPS) is 16.3. The SMILES string of the molecule is FC(F)Oc1ccc(C(F)(F)CN2CCC(Nc3ncnc4[nH]ncc34)CC2)nc1. The van der Waals surface area contributed by atoms with Gasteiger partial charge in [-0.05, 0) is 25.0 Å². The minimum absolute atomic E-state index is 0.0896. The highest BCUT2D eigenvalue weighted by Gasteiger charge is 2.36. The van der Waals surface area contributed by atoms with Crippen molar-refractivity contribution < 1.29 is 22.3 Å². The van der Waals surface area contributed by atoms with Crippen LogP contribution in [-0.2, 0) is 5.92 Å². The second kappa shape index (κ2) is 8.38. The maximum absolute atomic E-state index is 14.6. The minimum Gasteiger partial charge on any atom is -0.433 e. The standard InChI is InChI=1S/C18H19F4N7O/c19-17(20)30-12-1-2-14(23-7-12)18(21,22)9-29-5-3-11(4-6-29)27-15-13-8-26-28-16(13)25-10-24-15/h1-2,7-8,10-11,17H,3-6,9H2,(H2,24,25,26,27,28). The Morgan fingerprint density at radius 3 is 2.67 bits per heavy atom. The Morgan fingerprint density at radius 1 is 1.17 bits per heavy atom. The van der Waals surface area contributed by atoms with E-state index in [4.69, 9.17) is 0 Å². The summed E-state index contributed by atoms with van der Waals surface area (Å²) in [7, 11) is 0. The number of likely N-dealkylation sites (tertiary alicyclic amines) is 1. The Bertz CT molecular complexity index is 974. The van der Waals surface area contributed by atoms with E-state index in [-0.39, 0.29) is 11.8 Å². The number of H-pyrrole nitrogens is 1. The van der Waals surface area contributed by atoms with E-state index in [0.29, 0.717) is 37.4 Å². The number of halogens is 4. The second-order valence-electron chi connectivity index (χ2n) is 7.01. The number of hydrogen-bond acceptors (Lipinski definition) is 7. The third-order valence-electron chi connectivity index (χ3n) is 4.93. The largest absolute Gasteiger partial charge is 0.433 e. The molecule has 4 rings (SSSR count). The number of piperidine rings is 1. The van der Waals surface area contributed by atoms with E-state index in [1.807, 2.05) is 0 Å². The van der Waals surface area contributed by atoms with Gasteiger partial charge in [0.05, 0.1) is 24.3 Å². The second-order valence-corrected chi connectivity index (χ2v) is 7.01. The van der Waals surface area contributed by atoms with Gasteiger partial charge in [-0.1, -0.05) is 0 Å². The number of ether oxygens (including phenoxy) is 1. The van der Waals surface area contributed by atoms with Crippen LogP contribution < -0.4 is 10.1 Å². The molecule has 0 amide bonds. The van der Waals surface area contributed by atoms with Gasteiger partial charge in [0.15, 0.2) is 5.65 Å². The van der Waals surface area contributed by atoms with Gasteiger partial charge in [-0.2, -0.15) is 22.7 Å². The third-order valence-corrected chi connectivity index (χ3v) is 4.93. The molecular formula is C18H19F4N7O. The molecule has 30 heavy (non-hydrogen) atoms. The Morgan fingerprint density at radius 2 is 1.97 bits per heavy atom. The first-order chi connectivity index (χ1) is 14.4. The molecule has 0 bridgehead atoms. The molecule has 0 saturated carbocycles. The van der Waals surface area contributed by atoms with Crippen LogP contribution in [0.2, 0.25) is 0 Å². The molecule has 3 aromatic heterocycles. The summed E-state index contributed by atoms with van der Waals surface area (Å²) in [5, 5.41) is 10.8. The molecule has 160 valence electrons. The summed E-state index contributed by atoms with van der Waals surface area (Å²) in [6, 6.07) is 2.17. The van der Waals surface area contributed by atoms with Gasteiger partial charge < -0.3 is 10.1 Å². The number of aromatic amines is 1. The molecule has 1 saturated heterocycles. The Labute approximate surface area is 168 Å². The molecule has 0 aromatic carbocycles. The summed E-state index contributed by atoms with van der Waals surface area (Å²) in [6.07, 6.45) is 5.27.